The number of anilines is 2. The van der Waals surface area contributed by atoms with E-state index in [4.69, 9.17) is 5.73 Å². The topological polar surface area (TPSA) is 83.7 Å². The van der Waals surface area contributed by atoms with E-state index in [-0.39, 0.29) is 0 Å². The molecular weight excluding hydrogens is 212 g/mol. The third-order valence-electron chi connectivity index (χ3n) is 1.95. The van der Waals surface area contributed by atoms with Crippen LogP contribution in [0.5, 0.6) is 0 Å². The first-order valence-corrected chi connectivity index (χ1v) is 5.59. The highest BCUT2D eigenvalue weighted by molar-refractivity contribution is 7.98. The Morgan fingerprint density at radius 2 is 2.00 bits per heavy atom. The summed E-state index contributed by atoms with van der Waals surface area (Å²) in [5.74, 6) is 1.16. The number of hydrogen-bond donors (Lipinski definition) is 2. The van der Waals surface area contributed by atoms with E-state index >= 15 is 0 Å². The quantitative estimate of drug-likeness (QED) is 0.577. The number of thioether (sulfide) groups is 1. The number of nitrogens with one attached hydrogen (secondary N) is 1. The summed E-state index contributed by atoms with van der Waals surface area (Å²) in [5, 5.41) is 0.636. The summed E-state index contributed by atoms with van der Waals surface area (Å²) in [7, 11) is 3.80. The summed E-state index contributed by atoms with van der Waals surface area (Å²) in [4.78, 5) is 17.6. The Balaban J connectivity index is 2.64. The van der Waals surface area contributed by atoms with Gasteiger partial charge in [-0.05, 0) is 6.26 Å². The van der Waals surface area contributed by atoms with Gasteiger partial charge in [-0.3, -0.25) is 0 Å². The molecule has 0 saturated carbocycles. The SMILES string of the molecule is CSc1nc(N)c2[nH]c(N(C)C)nc2n1. The number of imidazole rings is 1. The molecule has 0 aliphatic heterocycles. The van der Waals surface area contributed by atoms with Crippen LogP contribution in [0.2, 0.25) is 0 Å². The van der Waals surface area contributed by atoms with Crippen molar-refractivity contribution < 1.29 is 0 Å². The highest BCUT2D eigenvalue weighted by atomic mass is 32.2. The van der Waals surface area contributed by atoms with E-state index in [1.165, 1.54) is 11.8 Å². The van der Waals surface area contributed by atoms with Gasteiger partial charge in [-0.25, -0.2) is 9.97 Å². The van der Waals surface area contributed by atoms with Crippen molar-refractivity contribution in [2.24, 2.45) is 0 Å². The van der Waals surface area contributed by atoms with Gasteiger partial charge in [-0.2, -0.15) is 4.98 Å². The molecule has 7 heteroatoms. The summed E-state index contributed by atoms with van der Waals surface area (Å²) in [6, 6.07) is 0. The lowest BCUT2D eigenvalue weighted by atomic mass is 10.5. The van der Waals surface area contributed by atoms with Crippen LogP contribution in [0.3, 0.4) is 0 Å². The van der Waals surface area contributed by atoms with E-state index in [0.29, 0.717) is 22.1 Å². The maximum atomic E-state index is 5.79. The number of fused-ring (bicyclic) bond motifs is 1. The maximum absolute atomic E-state index is 5.79. The van der Waals surface area contributed by atoms with Gasteiger partial charge in [0.25, 0.3) is 0 Å². The lowest BCUT2D eigenvalue weighted by Gasteiger charge is -2.05. The van der Waals surface area contributed by atoms with Crippen molar-refractivity contribution >= 4 is 34.7 Å². The molecule has 0 fully saturated rings. The van der Waals surface area contributed by atoms with E-state index in [9.17, 15) is 0 Å². The minimum absolute atomic E-state index is 0.435. The number of rotatable bonds is 2. The van der Waals surface area contributed by atoms with Gasteiger partial charge in [0.05, 0.1) is 0 Å². The second-order valence-corrected chi connectivity index (χ2v) is 4.02. The van der Waals surface area contributed by atoms with Crippen LogP contribution < -0.4 is 10.6 Å². The monoisotopic (exact) mass is 224 g/mol. The Morgan fingerprint density at radius 3 is 2.60 bits per heavy atom. The summed E-state index contributed by atoms with van der Waals surface area (Å²) in [6.07, 6.45) is 1.90. The number of hydrogen-bond acceptors (Lipinski definition) is 6. The van der Waals surface area contributed by atoms with E-state index in [0.717, 1.165) is 5.95 Å². The van der Waals surface area contributed by atoms with Crippen molar-refractivity contribution in [1.82, 2.24) is 19.9 Å². The third-order valence-corrected chi connectivity index (χ3v) is 2.50. The molecule has 80 valence electrons. The van der Waals surface area contributed by atoms with Gasteiger partial charge in [0.1, 0.15) is 5.52 Å². The predicted octanol–water partition coefficient (Wildman–Crippen LogP) is 0.723. The van der Waals surface area contributed by atoms with E-state index in [1.54, 1.807) is 0 Å². The number of nitrogens with two attached hydrogens (primary N) is 1. The largest absolute Gasteiger partial charge is 0.382 e. The normalized spacial score (nSPS) is 10.9. The van der Waals surface area contributed by atoms with E-state index in [1.807, 2.05) is 25.3 Å². The Bertz CT molecular complexity index is 491. The molecule has 3 N–H and O–H groups in total. The molecule has 0 aliphatic rings. The Hall–Kier alpha value is -1.50. The summed E-state index contributed by atoms with van der Waals surface area (Å²) < 4.78 is 0. The summed E-state index contributed by atoms with van der Waals surface area (Å²) in [6.45, 7) is 0. The second kappa shape index (κ2) is 3.58. The lowest BCUT2D eigenvalue weighted by Crippen LogP contribution is -2.09. The smallest absolute Gasteiger partial charge is 0.204 e. The van der Waals surface area contributed by atoms with Crippen LogP contribution in [0.25, 0.3) is 11.2 Å². The van der Waals surface area contributed by atoms with Crippen LogP contribution in [-0.2, 0) is 0 Å². The van der Waals surface area contributed by atoms with Gasteiger partial charge >= 0.3 is 0 Å². The third kappa shape index (κ3) is 1.70. The van der Waals surface area contributed by atoms with Crippen molar-refractivity contribution in [2.45, 2.75) is 5.16 Å². The van der Waals surface area contributed by atoms with Crippen LogP contribution in [0.1, 0.15) is 0 Å². The van der Waals surface area contributed by atoms with Gasteiger partial charge in [-0.1, -0.05) is 11.8 Å². The van der Waals surface area contributed by atoms with Crippen molar-refractivity contribution in [3.63, 3.8) is 0 Å². The molecular formula is C8H12N6S. The molecule has 0 amide bonds. The zero-order chi connectivity index (χ0) is 11.0. The highest BCUT2D eigenvalue weighted by Gasteiger charge is 2.10. The molecule has 0 bridgehead atoms. The molecule has 0 aromatic carbocycles. The average molecular weight is 224 g/mol. The van der Waals surface area contributed by atoms with Crippen molar-refractivity contribution in [2.75, 3.05) is 31.0 Å². The van der Waals surface area contributed by atoms with Crippen LogP contribution in [-0.4, -0.2) is 40.3 Å². The van der Waals surface area contributed by atoms with Gasteiger partial charge < -0.3 is 15.6 Å². The maximum Gasteiger partial charge on any atom is 0.204 e. The first kappa shape index (κ1) is 10.0. The fourth-order valence-electron chi connectivity index (χ4n) is 1.19. The minimum Gasteiger partial charge on any atom is -0.382 e. The van der Waals surface area contributed by atoms with Crippen molar-refractivity contribution in [3.8, 4) is 0 Å². The fraction of sp³-hybridized carbons (Fsp3) is 0.375. The van der Waals surface area contributed by atoms with Crippen LogP contribution in [0, 0.1) is 0 Å². The Kier molecular flexibility index (Phi) is 2.39. The second-order valence-electron chi connectivity index (χ2n) is 3.25. The molecule has 2 heterocycles. The molecule has 0 unspecified atom stereocenters. The fourth-order valence-corrected chi connectivity index (χ4v) is 1.56. The molecule has 15 heavy (non-hydrogen) atoms. The van der Waals surface area contributed by atoms with Crippen molar-refractivity contribution in [1.29, 1.82) is 0 Å². The van der Waals surface area contributed by atoms with Gasteiger partial charge in [0, 0.05) is 14.1 Å². The van der Waals surface area contributed by atoms with Crippen LogP contribution in [0.15, 0.2) is 5.16 Å². The van der Waals surface area contributed by atoms with Gasteiger partial charge in [0.2, 0.25) is 5.95 Å². The molecule has 2 rings (SSSR count). The molecule has 0 radical (unpaired) electrons. The van der Waals surface area contributed by atoms with Gasteiger partial charge in [-0.15, -0.1) is 0 Å². The predicted molar refractivity (Wildman–Crippen MR) is 62.2 cm³/mol. The van der Waals surface area contributed by atoms with E-state index < -0.39 is 0 Å². The number of nitrogens with zero attached hydrogens (tertiary/aromatic N) is 4. The highest BCUT2D eigenvalue weighted by Crippen LogP contribution is 2.21. The Morgan fingerprint density at radius 1 is 1.27 bits per heavy atom. The molecule has 2 aromatic heterocycles. The molecule has 0 aliphatic carbocycles. The van der Waals surface area contributed by atoms with Crippen LogP contribution >= 0.6 is 11.8 Å². The number of H-pyrrole nitrogens is 1. The first-order valence-electron chi connectivity index (χ1n) is 4.36. The molecule has 0 atom stereocenters. The Labute approximate surface area is 91.3 Å². The molecule has 0 spiro atoms. The molecule has 2 aromatic rings. The first-order chi connectivity index (χ1) is 7.11. The van der Waals surface area contributed by atoms with Crippen molar-refractivity contribution in [3.05, 3.63) is 0 Å². The molecule has 6 nitrogen and oxygen atoms in total. The lowest BCUT2D eigenvalue weighted by molar-refractivity contribution is 1.00. The zero-order valence-electron chi connectivity index (χ0n) is 8.77. The standard InChI is InChI=1S/C8H12N6S/c1-14(2)7-10-4-5(9)11-8(15-3)13-6(4)12-7/h1-3H3,(H3,9,10,11,12,13). The number of nitrogen functional groups attached to an aromatic ring is 1. The summed E-state index contributed by atoms with van der Waals surface area (Å²) >= 11 is 1.45. The zero-order valence-corrected chi connectivity index (χ0v) is 9.59. The minimum atomic E-state index is 0.435. The number of aromatic amines is 1. The van der Waals surface area contributed by atoms with Crippen LogP contribution in [0.4, 0.5) is 11.8 Å². The van der Waals surface area contributed by atoms with E-state index in [2.05, 4.69) is 19.9 Å². The molecule has 0 saturated heterocycles. The van der Waals surface area contributed by atoms with Gasteiger partial charge in [0.15, 0.2) is 16.6 Å². The summed E-state index contributed by atoms with van der Waals surface area (Å²) in [5.41, 5.74) is 7.09. The average Bonchev–Trinajstić information content (AvgIpc) is 2.61. The number of aromatic nitrogens is 4.